The lowest BCUT2D eigenvalue weighted by atomic mass is 10.2. The molecule has 2 rings (SSSR count). The van der Waals surface area contributed by atoms with E-state index in [1.165, 1.54) is 16.4 Å². The molecule has 1 aliphatic heterocycles. The van der Waals surface area contributed by atoms with Gasteiger partial charge >= 0.3 is 0 Å². The Hall–Kier alpha value is -1.02. The Morgan fingerprint density at radius 3 is 2.90 bits per heavy atom. The summed E-state index contributed by atoms with van der Waals surface area (Å²) in [4.78, 5) is 0.0466. The third-order valence-corrected chi connectivity index (χ3v) is 5.37. The zero-order chi connectivity index (χ0) is 15.3. The highest BCUT2D eigenvalue weighted by molar-refractivity contribution is 7.89. The van der Waals surface area contributed by atoms with Gasteiger partial charge in [-0.2, -0.15) is 4.31 Å². The standard InChI is InChI=1S/C14H21FN2O3S/c1-2-16-11-12-4-5-13(15)10-14(12)21(18,19)17-6-3-8-20-9-7-17/h4-5,10,16H,2-3,6-9,11H2,1H3. The number of halogens is 1. The van der Waals surface area contributed by atoms with Gasteiger partial charge in [0.1, 0.15) is 5.82 Å². The molecule has 1 N–H and O–H groups in total. The number of sulfonamides is 1. The van der Waals surface area contributed by atoms with Gasteiger partial charge in [0.05, 0.1) is 11.5 Å². The molecule has 0 spiro atoms. The molecule has 0 aromatic heterocycles. The Kier molecular flexibility index (Phi) is 5.69. The highest BCUT2D eigenvalue weighted by Crippen LogP contribution is 2.22. The summed E-state index contributed by atoms with van der Waals surface area (Å²) in [5, 5.41) is 3.08. The number of hydrogen-bond donors (Lipinski definition) is 1. The van der Waals surface area contributed by atoms with E-state index in [2.05, 4.69) is 5.32 Å². The zero-order valence-corrected chi connectivity index (χ0v) is 13.0. The van der Waals surface area contributed by atoms with Crippen LogP contribution < -0.4 is 5.32 Å². The lowest BCUT2D eigenvalue weighted by Crippen LogP contribution is -2.34. The van der Waals surface area contributed by atoms with Gasteiger partial charge < -0.3 is 10.1 Å². The van der Waals surface area contributed by atoms with Crippen LogP contribution in [0.15, 0.2) is 23.1 Å². The quantitative estimate of drug-likeness (QED) is 0.891. The third-order valence-electron chi connectivity index (χ3n) is 3.39. The van der Waals surface area contributed by atoms with Crippen molar-refractivity contribution in [2.75, 3.05) is 32.8 Å². The van der Waals surface area contributed by atoms with E-state index >= 15 is 0 Å². The fourth-order valence-electron chi connectivity index (χ4n) is 2.28. The Balaban J connectivity index is 2.35. The van der Waals surface area contributed by atoms with Gasteiger partial charge in [-0.05, 0) is 30.7 Å². The van der Waals surface area contributed by atoms with Gasteiger partial charge in [-0.15, -0.1) is 0 Å². The molecule has 1 aromatic rings. The van der Waals surface area contributed by atoms with Crippen molar-refractivity contribution in [1.82, 2.24) is 9.62 Å². The van der Waals surface area contributed by atoms with Crippen molar-refractivity contribution in [1.29, 1.82) is 0 Å². The van der Waals surface area contributed by atoms with E-state index in [9.17, 15) is 12.8 Å². The molecule has 1 aliphatic rings. The van der Waals surface area contributed by atoms with Crippen molar-refractivity contribution in [3.05, 3.63) is 29.6 Å². The number of ether oxygens (including phenoxy) is 1. The summed E-state index contributed by atoms with van der Waals surface area (Å²) < 4.78 is 45.7. The van der Waals surface area contributed by atoms with Crippen molar-refractivity contribution in [3.8, 4) is 0 Å². The SMILES string of the molecule is CCNCc1ccc(F)cc1S(=O)(=O)N1CCCOCC1. The summed E-state index contributed by atoms with van der Waals surface area (Å²) in [5.41, 5.74) is 0.586. The van der Waals surface area contributed by atoms with Crippen LogP contribution in [-0.4, -0.2) is 45.6 Å². The average molecular weight is 316 g/mol. The van der Waals surface area contributed by atoms with E-state index in [1.54, 1.807) is 0 Å². The zero-order valence-electron chi connectivity index (χ0n) is 12.1. The normalized spacial score (nSPS) is 17.6. The van der Waals surface area contributed by atoms with Gasteiger partial charge in [0.25, 0.3) is 0 Å². The van der Waals surface area contributed by atoms with Crippen molar-refractivity contribution >= 4 is 10.0 Å². The van der Waals surface area contributed by atoms with E-state index in [1.807, 2.05) is 6.92 Å². The van der Waals surface area contributed by atoms with Gasteiger partial charge in [0.15, 0.2) is 0 Å². The maximum absolute atomic E-state index is 13.5. The molecule has 0 amide bonds. The lowest BCUT2D eigenvalue weighted by molar-refractivity contribution is 0.148. The van der Waals surface area contributed by atoms with Crippen molar-refractivity contribution in [3.63, 3.8) is 0 Å². The summed E-state index contributed by atoms with van der Waals surface area (Å²) >= 11 is 0. The molecule has 118 valence electrons. The lowest BCUT2D eigenvalue weighted by Gasteiger charge is -2.21. The van der Waals surface area contributed by atoms with Gasteiger partial charge in [0, 0.05) is 26.2 Å². The van der Waals surface area contributed by atoms with E-state index < -0.39 is 15.8 Å². The van der Waals surface area contributed by atoms with E-state index in [0.717, 1.165) is 6.07 Å². The van der Waals surface area contributed by atoms with E-state index in [-0.39, 0.29) is 4.90 Å². The maximum atomic E-state index is 13.5. The van der Waals surface area contributed by atoms with Crippen LogP contribution in [-0.2, 0) is 21.3 Å². The van der Waals surface area contributed by atoms with E-state index in [4.69, 9.17) is 4.74 Å². The smallest absolute Gasteiger partial charge is 0.243 e. The Bertz CT molecular complexity index is 570. The maximum Gasteiger partial charge on any atom is 0.243 e. The molecule has 0 aliphatic carbocycles. The molecule has 1 heterocycles. The van der Waals surface area contributed by atoms with Gasteiger partial charge in [-0.3, -0.25) is 0 Å². The minimum atomic E-state index is -3.70. The average Bonchev–Trinajstić information content (AvgIpc) is 2.75. The molecular formula is C14H21FN2O3S. The van der Waals surface area contributed by atoms with Crippen LogP contribution in [0.4, 0.5) is 4.39 Å². The molecule has 21 heavy (non-hydrogen) atoms. The molecule has 0 atom stereocenters. The predicted octanol–water partition coefficient (Wildman–Crippen LogP) is 1.35. The second kappa shape index (κ2) is 7.31. The van der Waals surface area contributed by atoms with E-state index in [0.29, 0.717) is 51.4 Å². The third kappa shape index (κ3) is 4.00. The highest BCUT2D eigenvalue weighted by Gasteiger charge is 2.28. The Morgan fingerprint density at radius 1 is 1.33 bits per heavy atom. The molecule has 1 saturated heterocycles. The largest absolute Gasteiger partial charge is 0.380 e. The molecule has 1 aromatic carbocycles. The first-order valence-corrected chi connectivity index (χ1v) is 8.56. The number of nitrogens with one attached hydrogen (secondary N) is 1. The number of hydrogen-bond acceptors (Lipinski definition) is 4. The summed E-state index contributed by atoms with van der Waals surface area (Å²) in [5.74, 6) is -0.542. The molecule has 0 unspecified atom stereocenters. The van der Waals surface area contributed by atoms with Crippen molar-refractivity contribution in [2.24, 2.45) is 0 Å². The first-order chi connectivity index (χ1) is 10.1. The highest BCUT2D eigenvalue weighted by atomic mass is 32.2. The van der Waals surface area contributed by atoms with Gasteiger partial charge in [-0.1, -0.05) is 13.0 Å². The molecule has 1 fully saturated rings. The Morgan fingerprint density at radius 2 is 2.14 bits per heavy atom. The summed E-state index contributed by atoms with van der Waals surface area (Å²) in [6.07, 6.45) is 0.650. The number of rotatable bonds is 5. The van der Waals surface area contributed by atoms with Crippen LogP contribution in [0.1, 0.15) is 18.9 Å². The molecule has 0 bridgehead atoms. The van der Waals surface area contributed by atoms with Crippen LogP contribution in [0.25, 0.3) is 0 Å². The predicted molar refractivity (Wildman–Crippen MR) is 78.0 cm³/mol. The first-order valence-electron chi connectivity index (χ1n) is 7.12. The van der Waals surface area contributed by atoms with Crippen molar-refractivity contribution in [2.45, 2.75) is 24.8 Å². The fraction of sp³-hybridized carbons (Fsp3) is 0.571. The molecule has 5 nitrogen and oxygen atoms in total. The minimum absolute atomic E-state index is 0.0466. The second-order valence-electron chi connectivity index (χ2n) is 4.90. The van der Waals surface area contributed by atoms with Gasteiger partial charge in [-0.25, -0.2) is 12.8 Å². The molecule has 0 radical (unpaired) electrons. The van der Waals surface area contributed by atoms with Crippen LogP contribution >= 0.6 is 0 Å². The fourth-order valence-corrected chi connectivity index (χ4v) is 3.97. The van der Waals surface area contributed by atoms with Crippen LogP contribution in [0, 0.1) is 5.82 Å². The van der Waals surface area contributed by atoms with Crippen LogP contribution in [0.3, 0.4) is 0 Å². The number of benzene rings is 1. The Labute approximate surface area is 125 Å². The molecular weight excluding hydrogens is 295 g/mol. The summed E-state index contributed by atoms with van der Waals surface area (Å²) in [6, 6.07) is 3.92. The molecule has 0 saturated carbocycles. The van der Waals surface area contributed by atoms with Gasteiger partial charge in [0.2, 0.25) is 10.0 Å². The van der Waals surface area contributed by atoms with Crippen LogP contribution in [0.5, 0.6) is 0 Å². The van der Waals surface area contributed by atoms with Crippen molar-refractivity contribution < 1.29 is 17.5 Å². The van der Waals surface area contributed by atoms with Crippen LogP contribution in [0.2, 0.25) is 0 Å². The topological polar surface area (TPSA) is 58.6 Å². The minimum Gasteiger partial charge on any atom is -0.380 e. The summed E-state index contributed by atoms with van der Waals surface area (Å²) in [6.45, 7) is 4.68. The monoisotopic (exact) mass is 316 g/mol. The number of nitrogens with zero attached hydrogens (tertiary/aromatic N) is 1. The first kappa shape index (κ1) is 16.4. The summed E-state index contributed by atoms with van der Waals surface area (Å²) in [7, 11) is -3.70. The second-order valence-corrected chi connectivity index (χ2v) is 6.81. The molecule has 7 heteroatoms.